The summed E-state index contributed by atoms with van der Waals surface area (Å²) in [5.41, 5.74) is -0.990. The molecule has 0 aliphatic rings. The number of carbonyl (C=O) groups is 2. The van der Waals surface area contributed by atoms with Crippen LogP contribution in [0.25, 0.3) is 0 Å². The molecule has 0 saturated carbocycles. The maximum absolute atomic E-state index is 13.6. The first kappa shape index (κ1) is 20.2. The Labute approximate surface area is 155 Å². The van der Waals surface area contributed by atoms with Crippen LogP contribution in [-0.4, -0.2) is 35.2 Å². The molecular weight excluding hydrogens is 391 g/mol. The zero-order chi connectivity index (χ0) is 20.3. The first-order valence-corrected chi connectivity index (χ1v) is 7.62. The number of likely N-dealkylation sites (N-methyl/N-ethyl adjacent to an activating group) is 1. The molecule has 0 spiro atoms. The molecule has 0 aliphatic heterocycles. The smallest absolute Gasteiger partial charge is 0.270 e. The fourth-order valence-corrected chi connectivity index (χ4v) is 2.35. The van der Waals surface area contributed by atoms with Gasteiger partial charge in [0.05, 0.1) is 27.7 Å². The Kier molecular flexibility index (Phi) is 6.01. The van der Waals surface area contributed by atoms with Crippen molar-refractivity contribution >= 4 is 34.8 Å². The first-order chi connectivity index (χ1) is 12.6. The molecule has 27 heavy (non-hydrogen) atoms. The van der Waals surface area contributed by atoms with E-state index in [2.05, 4.69) is 0 Å². The summed E-state index contributed by atoms with van der Waals surface area (Å²) in [6.45, 7) is -0.565. The standard InChI is InChI=1S/C16H11ClF3N3O4/c1-22(16(25)9-3-2-8(23(26)27)6-10(9)17)7-13(24)21-12-5-4-11(18)14(19)15(12)20/h2-6H,7H2,1H3,(H,21,24). The number of non-ortho nitro benzene ring substituents is 1. The highest BCUT2D eigenvalue weighted by Crippen LogP contribution is 2.24. The quantitative estimate of drug-likeness (QED) is 0.472. The number of rotatable bonds is 5. The Bertz CT molecular complexity index is 939. The number of carbonyl (C=O) groups excluding carboxylic acids is 2. The van der Waals surface area contributed by atoms with Crippen molar-refractivity contribution in [2.75, 3.05) is 18.9 Å². The van der Waals surface area contributed by atoms with Crippen LogP contribution in [0.1, 0.15) is 10.4 Å². The van der Waals surface area contributed by atoms with E-state index in [0.29, 0.717) is 6.07 Å². The minimum atomic E-state index is -1.74. The van der Waals surface area contributed by atoms with Gasteiger partial charge >= 0.3 is 0 Å². The largest absolute Gasteiger partial charge is 0.332 e. The van der Waals surface area contributed by atoms with Gasteiger partial charge in [-0.25, -0.2) is 13.2 Å². The van der Waals surface area contributed by atoms with Crippen LogP contribution in [0.5, 0.6) is 0 Å². The Morgan fingerprint density at radius 1 is 1.19 bits per heavy atom. The molecule has 0 bridgehead atoms. The van der Waals surface area contributed by atoms with Crippen LogP contribution in [0.4, 0.5) is 24.5 Å². The molecule has 0 atom stereocenters. The van der Waals surface area contributed by atoms with Gasteiger partial charge in [-0.05, 0) is 18.2 Å². The van der Waals surface area contributed by atoms with Crippen LogP contribution in [-0.2, 0) is 4.79 Å². The molecule has 1 N–H and O–H groups in total. The van der Waals surface area contributed by atoms with Crippen LogP contribution in [0.2, 0.25) is 5.02 Å². The van der Waals surface area contributed by atoms with Gasteiger partial charge in [-0.1, -0.05) is 11.6 Å². The topological polar surface area (TPSA) is 92.6 Å². The number of nitro benzene ring substituents is 1. The van der Waals surface area contributed by atoms with Gasteiger partial charge in [-0.3, -0.25) is 19.7 Å². The second-order valence-corrected chi connectivity index (χ2v) is 5.76. The summed E-state index contributed by atoms with van der Waals surface area (Å²) < 4.78 is 39.6. The molecule has 0 unspecified atom stereocenters. The third-order valence-corrected chi connectivity index (χ3v) is 3.74. The Morgan fingerprint density at radius 3 is 2.44 bits per heavy atom. The summed E-state index contributed by atoms with van der Waals surface area (Å²) in [6.07, 6.45) is 0. The lowest BCUT2D eigenvalue weighted by Crippen LogP contribution is -2.35. The molecule has 2 amide bonds. The summed E-state index contributed by atoms with van der Waals surface area (Å²) in [5.74, 6) is -6.33. The highest BCUT2D eigenvalue weighted by Gasteiger charge is 2.21. The van der Waals surface area contributed by atoms with Crippen molar-refractivity contribution in [1.29, 1.82) is 0 Å². The van der Waals surface area contributed by atoms with E-state index in [1.54, 1.807) is 0 Å². The normalized spacial score (nSPS) is 10.4. The minimum absolute atomic E-state index is 0.0865. The highest BCUT2D eigenvalue weighted by molar-refractivity contribution is 6.34. The zero-order valence-corrected chi connectivity index (χ0v) is 14.4. The van der Waals surface area contributed by atoms with Gasteiger partial charge in [-0.2, -0.15) is 0 Å². The van der Waals surface area contributed by atoms with E-state index in [-0.39, 0.29) is 16.3 Å². The summed E-state index contributed by atoms with van der Waals surface area (Å²) in [6, 6.07) is 4.66. The number of amides is 2. The van der Waals surface area contributed by atoms with Crippen LogP contribution in [0.3, 0.4) is 0 Å². The monoisotopic (exact) mass is 401 g/mol. The van der Waals surface area contributed by atoms with Crippen molar-refractivity contribution in [2.24, 2.45) is 0 Å². The lowest BCUT2D eigenvalue weighted by molar-refractivity contribution is -0.384. The number of hydrogen-bond acceptors (Lipinski definition) is 4. The molecule has 0 radical (unpaired) electrons. The van der Waals surface area contributed by atoms with Crippen LogP contribution in [0, 0.1) is 27.6 Å². The molecule has 0 aromatic heterocycles. The molecule has 0 fully saturated rings. The van der Waals surface area contributed by atoms with Crippen LogP contribution in [0.15, 0.2) is 30.3 Å². The van der Waals surface area contributed by atoms with Crippen molar-refractivity contribution in [3.05, 3.63) is 68.5 Å². The Hall–Kier alpha value is -3.14. The molecule has 0 aliphatic carbocycles. The Balaban J connectivity index is 2.09. The number of nitrogens with zero attached hydrogens (tertiary/aromatic N) is 2. The summed E-state index contributed by atoms with van der Waals surface area (Å²) in [7, 11) is 1.24. The lowest BCUT2D eigenvalue weighted by Gasteiger charge is -2.17. The maximum atomic E-state index is 13.6. The predicted octanol–water partition coefficient (Wildman–Crippen LogP) is 3.38. The lowest BCUT2D eigenvalue weighted by atomic mass is 10.2. The second-order valence-electron chi connectivity index (χ2n) is 5.35. The number of nitrogens with one attached hydrogen (secondary N) is 1. The van der Waals surface area contributed by atoms with Crippen molar-refractivity contribution in [1.82, 2.24) is 4.90 Å². The second kappa shape index (κ2) is 8.04. The van der Waals surface area contributed by atoms with E-state index < -0.39 is 46.4 Å². The zero-order valence-electron chi connectivity index (χ0n) is 13.6. The average Bonchev–Trinajstić information content (AvgIpc) is 2.61. The fraction of sp³-hybridized carbons (Fsp3) is 0.125. The summed E-state index contributed by atoms with van der Waals surface area (Å²) in [4.78, 5) is 35.1. The molecule has 2 rings (SSSR count). The first-order valence-electron chi connectivity index (χ1n) is 7.24. The summed E-state index contributed by atoms with van der Waals surface area (Å²) in [5, 5.41) is 12.5. The van der Waals surface area contributed by atoms with Crippen molar-refractivity contribution in [3.63, 3.8) is 0 Å². The van der Waals surface area contributed by atoms with Gasteiger partial charge in [0.2, 0.25) is 5.91 Å². The third-order valence-electron chi connectivity index (χ3n) is 3.43. The number of benzene rings is 2. The third kappa shape index (κ3) is 4.53. The molecule has 7 nitrogen and oxygen atoms in total. The van der Waals surface area contributed by atoms with Gasteiger partial charge in [0.1, 0.15) is 0 Å². The van der Waals surface area contributed by atoms with Crippen molar-refractivity contribution < 1.29 is 27.7 Å². The van der Waals surface area contributed by atoms with Crippen molar-refractivity contribution in [3.8, 4) is 0 Å². The van der Waals surface area contributed by atoms with E-state index in [1.807, 2.05) is 5.32 Å². The van der Waals surface area contributed by atoms with E-state index in [0.717, 1.165) is 29.2 Å². The van der Waals surface area contributed by atoms with Gasteiger partial charge in [0.15, 0.2) is 17.5 Å². The number of nitro groups is 1. The van der Waals surface area contributed by atoms with Gasteiger partial charge in [0, 0.05) is 19.2 Å². The molecule has 11 heteroatoms. The van der Waals surface area contributed by atoms with E-state index in [9.17, 15) is 32.9 Å². The minimum Gasteiger partial charge on any atom is -0.332 e. The average molecular weight is 402 g/mol. The maximum Gasteiger partial charge on any atom is 0.270 e. The molecule has 0 saturated heterocycles. The molecule has 142 valence electrons. The predicted molar refractivity (Wildman–Crippen MR) is 90.0 cm³/mol. The van der Waals surface area contributed by atoms with Crippen LogP contribution >= 0.6 is 11.6 Å². The SMILES string of the molecule is CN(CC(=O)Nc1ccc(F)c(F)c1F)C(=O)c1ccc([N+](=O)[O-])cc1Cl. The van der Waals surface area contributed by atoms with Gasteiger partial charge in [-0.15, -0.1) is 0 Å². The van der Waals surface area contributed by atoms with E-state index in [1.165, 1.54) is 7.05 Å². The van der Waals surface area contributed by atoms with E-state index in [4.69, 9.17) is 11.6 Å². The molecular formula is C16H11ClF3N3O4. The summed E-state index contributed by atoms with van der Waals surface area (Å²) >= 11 is 5.85. The number of halogens is 4. The number of anilines is 1. The van der Waals surface area contributed by atoms with E-state index >= 15 is 0 Å². The van der Waals surface area contributed by atoms with Crippen molar-refractivity contribution in [2.45, 2.75) is 0 Å². The Morgan fingerprint density at radius 2 is 1.85 bits per heavy atom. The molecule has 2 aromatic rings. The van der Waals surface area contributed by atoms with Crippen LogP contribution < -0.4 is 5.32 Å². The van der Waals surface area contributed by atoms with Gasteiger partial charge in [0.25, 0.3) is 11.6 Å². The molecule has 0 heterocycles. The fourth-order valence-electron chi connectivity index (χ4n) is 2.10. The number of hydrogen-bond donors (Lipinski definition) is 1. The van der Waals surface area contributed by atoms with Gasteiger partial charge < -0.3 is 10.2 Å². The highest BCUT2D eigenvalue weighted by atomic mass is 35.5. The molecule has 2 aromatic carbocycles.